The molecule has 5 heteroatoms. The molecule has 0 heterocycles. The van der Waals surface area contributed by atoms with Crippen LogP contribution in [0.25, 0.3) is 0 Å². The summed E-state index contributed by atoms with van der Waals surface area (Å²) >= 11 is 0. The van der Waals surface area contributed by atoms with Crippen LogP contribution in [-0.2, 0) is 0 Å². The van der Waals surface area contributed by atoms with Crippen molar-refractivity contribution in [3.05, 3.63) is 40.3 Å². The van der Waals surface area contributed by atoms with Crippen molar-refractivity contribution in [3.63, 3.8) is 0 Å². The molecule has 1 aromatic carbocycles. The summed E-state index contributed by atoms with van der Waals surface area (Å²) in [7, 11) is 0. The fourth-order valence-electron chi connectivity index (χ4n) is 0.939. The normalized spacial score (nSPS) is 12.5. The second-order valence-corrected chi connectivity index (χ2v) is 2.49. The summed E-state index contributed by atoms with van der Waals surface area (Å²) in [6, 6.07) is 2.66. The first-order valence-corrected chi connectivity index (χ1v) is 3.57. The SMILES string of the molecule is O=NCC(O)c1cc(F)ccc1F. The second kappa shape index (κ2) is 4.04. The molecule has 0 aromatic heterocycles. The van der Waals surface area contributed by atoms with E-state index in [0.29, 0.717) is 0 Å². The molecule has 0 amide bonds. The van der Waals surface area contributed by atoms with Crippen molar-refractivity contribution >= 4 is 0 Å². The van der Waals surface area contributed by atoms with Crippen LogP contribution in [0, 0.1) is 16.5 Å². The third-order valence-corrected chi connectivity index (χ3v) is 1.56. The van der Waals surface area contributed by atoms with Gasteiger partial charge < -0.3 is 5.11 Å². The first-order chi connectivity index (χ1) is 6.15. The van der Waals surface area contributed by atoms with E-state index < -0.39 is 24.3 Å². The lowest BCUT2D eigenvalue weighted by Gasteiger charge is -2.07. The summed E-state index contributed by atoms with van der Waals surface area (Å²) in [6.07, 6.45) is -1.38. The van der Waals surface area contributed by atoms with Gasteiger partial charge in [-0.05, 0) is 18.2 Å². The zero-order valence-corrected chi connectivity index (χ0v) is 6.58. The zero-order chi connectivity index (χ0) is 9.84. The molecule has 0 aliphatic heterocycles. The van der Waals surface area contributed by atoms with Gasteiger partial charge in [-0.15, -0.1) is 0 Å². The Morgan fingerprint density at radius 2 is 2.15 bits per heavy atom. The maximum atomic E-state index is 12.9. The van der Waals surface area contributed by atoms with Gasteiger partial charge in [-0.2, -0.15) is 4.91 Å². The molecule has 13 heavy (non-hydrogen) atoms. The van der Waals surface area contributed by atoms with E-state index in [4.69, 9.17) is 5.11 Å². The minimum absolute atomic E-state index is 0.250. The molecule has 70 valence electrons. The highest BCUT2D eigenvalue weighted by atomic mass is 19.1. The van der Waals surface area contributed by atoms with E-state index in [-0.39, 0.29) is 5.56 Å². The molecule has 0 saturated carbocycles. The third kappa shape index (κ3) is 2.29. The minimum Gasteiger partial charge on any atom is -0.386 e. The summed E-state index contributed by atoms with van der Waals surface area (Å²) in [5, 5.41) is 11.5. The number of halogens is 2. The van der Waals surface area contributed by atoms with Crippen LogP contribution in [0.5, 0.6) is 0 Å². The van der Waals surface area contributed by atoms with Crippen LogP contribution in [-0.4, -0.2) is 11.7 Å². The molecular formula is C8H7F2NO2. The van der Waals surface area contributed by atoms with Crippen LogP contribution in [0.2, 0.25) is 0 Å². The Kier molecular flexibility index (Phi) is 3.02. The van der Waals surface area contributed by atoms with Gasteiger partial charge in [0.15, 0.2) is 0 Å². The molecule has 0 aliphatic carbocycles. The molecular weight excluding hydrogens is 180 g/mol. The van der Waals surface area contributed by atoms with Gasteiger partial charge in [-0.25, -0.2) is 8.78 Å². The fraction of sp³-hybridized carbons (Fsp3) is 0.250. The summed E-state index contributed by atoms with van der Waals surface area (Å²) in [5.41, 5.74) is -0.250. The Balaban J connectivity index is 2.97. The minimum atomic E-state index is -1.38. The van der Waals surface area contributed by atoms with Crippen molar-refractivity contribution in [2.45, 2.75) is 6.10 Å². The van der Waals surface area contributed by atoms with E-state index >= 15 is 0 Å². The van der Waals surface area contributed by atoms with E-state index in [1.165, 1.54) is 0 Å². The van der Waals surface area contributed by atoms with Crippen molar-refractivity contribution in [2.75, 3.05) is 6.54 Å². The molecule has 0 fully saturated rings. The number of aliphatic hydroxyl groups excluding tert-OH is 1. The molecule has 3 nitrogen and oxygen atoms in total. The molecule has 1 N–H and O–H groups in total. The quantitative estimate of drug-likeness (QED) is 0.733. The maximum absolute atomic E-state index is 12.9. The summed E-state index contributed by atoms with van der Waals surface area (Å²) in [6.45, 7) is -0.486. The van der Waals surface area contributed by atoms with Crippen molar-refractivity contribution in [1.29, 1.82) is 0 Å². The van der Waals surface area contributed by atoms with Crippen LogP contribution in [0.1, 0.15) is 11.7 Å². The number of aliphatic hydroxyl groups is 1. The third-order valence-electron chi connectivity index (χ3n) is 1.56. The molecule has 0 aliphatic rings. The van der Waals surface area contributed by atoms with Gasteiger partial charge in [0.25, 0.3) is 0 Å². The highest BCUT2D eigenvalue weighted by Crippen LogP contribution is 2.18. The van der Waals surface area contributed by atoms with E-state index in [1.54, 1.807) is 0 Å². The van der Waals surface area contributed by atoms with Gasteiger partial charge in [0.05, 0.1) is 0 Å². The predicted octanol–water partition coefficient (Wildman–Crippen LogP) is 1.76. The van der Waals surface area contributed by atoms with Gasteiger partial charge in [-0.1, -0.05) is 5.18 Å². The van der Waals surface area contributed by atoms with E-state index in [9.17, 15) is 13.7 Å². The lowest BCUT2D eigenvalue weighted by atomic mass is 10.1. The maximum Gasteiger partial charge on any atom is 0.129 e. The predicted molar refractivity (Wildman–Crippen MR) is 42.0 cm³/mol. The lowest BCUT2D eigenvalue weighted by molar-refractivity contribution is 0.181. The number of benzene rings is 1. The molecule has 1 unspecified atom stereocenters. The second-order valence-electron chi connectivity index (χ2n) is 2.49. The Morgan fingerprint density at radius 1 is 1.46 bits per heavy atom. The molecule has 0 bridgehead atoms. The van der Waals surface area contributed by atoms with Crippen molar-refractivity contribution in [2.24, 2.45) is 5.18 Å². The smallest absolute Gasteiger partial charge is 0.129 e. The molecule has 1 atom stereocenters. The van der Waals surface area contributed by atoms with Gasteiger partial charge in [0.1, 0.15) is 24.3 Å². The first-order valence-electron chi connectivity index (χ1n) is 3.57. The molecule has 1 aromatic rings. The Bertz CT molecular complexity index is 317. The Labute approximate surface area is 73.0 Å². The van der Waals surface area contributed by atoms with Crippen LogP contribution < -0.4 is 0 Å². The molecule has 0 radical (unpaired) electrons. The summed E-state index contributed by atoms with van der Waals surface area (Å²) in [4.78, 5) is 9.76. The van der Waals surface area contributed by atoms with E-state index in [1.807, 2.05) is 0 Å². The van der Waals surface area contributed by atoms with Gasteiger partial charge >= 0.3 is 0 Å². The van der Waals surface area contributed by atoms with Gasteiger partial charge in [0, 0.05) is 5.56 Å². The number of nitroso groups, excluding NO2 is 1. The molecule has 0 spiro atoms. The molecule has 0 saturated heterocycles. The summed E-state index contributed by atoms with van der Waals surface area (Å²) in [5.74, 6) is -1.42. The first kappa shape index (κ1) is 9.73. The van der Waals surface area contributed by atoms with Crippen molar-refractivity contribution in [3.8, 4) is 0 Å². The summed E-state index contributed by atoms with van der Waals surface area (Å²) < 4.78 is 25.4. The van der Waals surface area contributed by atoms with Gasteiger partial charge in [-0.3, -0.25) is 0 Å². The number of hydrogen-bond acceptors (Lipinski definition) is 3. The Hall–Kier alpha value is -1.36. The standard InChI is InChI=1S/C8H7F2NO2/c9-5-1-2-7(10)6(3-5)8(12)4-11-13/h1-3,8,12H,4H2. The van der Waals surface area contributed by atoms with Crippen LogP contribution in [0.3, 0.4) is 0 Å². The number of hydrogen-bond donors (Lipinski definition) is 1. The van der Waals surface area contributed by atoms with Crippen LogP contribution in [0.15, 0.2) is 23.4 Å². The highest BCUT2D eigenvalue weighted by molar-refractivity contribution is 5.21. The Morgan fingerprint density at radius 3 is 2.77 bits per heavy atom. The van der Waals surface area contributed by atoms with E-state index in [2.05, 4.69) is 5.18 Å². The average molecular weight is 187 g/mol. The van der Waals surface area contributed by atoms with Gasteiger partial charge in [0.2, 0.25) is 0 Å². The molecule has 1 rings (SSSR count). The van der Waals surface area contributed by atoms with Crippen molar-refractivity contribution < 1.29 is 13.9 Å². The lowest BCUT2D eigenvalue weighted by Crippen LogP contribution is -2.04. The number of rotatable bonds is 3. The van der Waals surface area contributed by atoms with Crippen LogP contribution >= 0.6 is 0 Å². The monoisotopic (exact) mass is 187 g/mol. The average Bonchev–Trinajstić information content (AvgIpc) is 2.09. The largest absolute Gasteiger partial charge is 0.386 e. The van der Waals surface area contributed by atoms with Crippen molar-refractivity contribution in [1.82, 2.24) is 0 Å². The van der Waals surface area contributed by atoms with E-state index in [0.717, 1.165) is 18.2 Å². The fourth-order valence-corrected chi connectivity index (χ4v) is 0.939. The highest BCUT2D eigenvalue weighted by Gasteiger charge is 2.13. The van der Waals surface area contributed by atoms with Crippen LogP contribution in [0.4, 0.5) is 8.78 Å². The zero-order valence-electron chi connectivity index (χ0n) is 6.58. The number of nitrogens with zero attached hydrogens (tertiary/aromatic N) is 1. The topological polar surface area (TPSA) is 49.7 Å².